The molecule has 0 spiro atoms. The van der Waals surface area contributed by atoms with Crippen LogP contribution in [0.4, 0.5) is 5.69 Å². The second-order valence-electron chi connectivity index (χ2n) is 7.18. The van der Waals surface area contributed by atoms with E-state index in [9.17, 15) is 4.79 Å². The summed E-state index contributed by atoms with van der Waals surface area (Å²) in [6.45, 7) is 6.43. The summed E-state index contributed by atoms with van der Waals surface area (Å²) in [6.07, 6.45) is 1.57. The van der Waals surface area contributed by atoms with E-state index in [-0.39, 0.29) is 12.0 Å². The van der Waals surface area contributed by atoms with Crippen molar-refractivity contribution < 1.29 is 18.7 Å². The number of piperazine rings is 1. The lowest BCUT2D eigenvalue weighted by Crippen LogP contribution is -2.53. The number of hydrogen-bond acceptors (Lipinski definition) is 6. The highest BCUT2D eigenvalue weighted by Crippen LogP contribution is 2.28. The van der Waals surface area contributed by atoms with Crippen LogP contribution in [-0.2, 0) is 4.74 Å². The van der Waals surface area contributed by atoms with Gasteiger partial charge in [0, 0.05) is 45.8 Å². The summed E-state index contributed by atoms with van der Waals surface area (Å²) in [7, 11) is 1.71. The average molecular weight is 385 g/mol. The second-order valence-corrected chi connectivity index (χ2v) is 7.18. The molecule has 1 unspecified atom stereocenters. The van der Waals surface area contributed by atoms with Crippen molar-refractivity contribution in [1.82, 2.24) is 9.80 Å². The summed E-state index contributed by atoms with van der Waals surface area (Å²) < 4.78 is 16.7. The number of para-hydroxylation sites is 2. The van der Waals surface area contributed by atoms with Gasteiger partial charge in [0.15, 0.2) is 5.76 Å². The van der Waals surface area contributed by atoms with Crippen molar-refractivity contribution in [3.63, 3.8) is 0 Å². The number of nitrogens with zero attached hydrogens (tertiary/aromatic N) is 3. The van der Waals surface area contributed by atoms with Crippen molar-refractivity contribution >= 4 is 11.6 Å². The van der Waals surface area contributed by atoms with Gasteiger partial charge in [-0.2, -0.15) is 0 Å². The minimum Gasteiger partial charge on any atom is -0.495 e. The van der Waals surface area contributed by atoms with Gasteiger partial charge in [0.1, 0.15) is 5.75 Å². The lowest BCUT2D eigenvalue weighted by atomic mass is 10.2. The summed E-state index contributed by atoms with van der Waals surface area (Å²) in [5, 5.41) is 0. The molecule has 2 aliphatic heterocycles. The monoisotopic (exact) mass is 385 g/mol. The Bertz CT molecular complexity index is 772. The number of anilines is 1. The Labute approximate surface area is 165 Å². The number of benzene rings is 1. The summed E-state index contributed by atoms with van der Waals surface area (Å²) in [6, 6.07) is 11.6. The predicted molar refractivity (Wildman–Crippen MR) is 106 cm³/mol. The van der Waals surface area contributed by atoms with Crippen molar-refractivity contribution in [1.29, 1.82) is 0 Å². The maximum Gasteiger partial charge on any atom is 0.289 e. The second kappa shape index (κ2) is 8.67. The number of hydrogen-bond donors (Lipinski definition) is 0. The maximum absolute atomic E-state index is 12.5. The quantitative estimate of drug-likeness (QED) is 0.784. The Kier molecular flexibility index (Phi) is 5.83. The molecule has 1 aromatic heterocycles. The molecule has 4 rings (SSSR count). The number of morpholine rings is 1. The molecule has 7 heteroatoms. The van der Waals surface area contributed by atoms with E-state index >= 15 is 0 Å². The molecule has 1 amide bonds. The first-order valence-corrected chi connectivity index (χ1v) is 9.79. The molecule has 150 valence electrons. The first-order chi connectivity index (χ1) is 13.7. The zero-order valence-electron chi connectivity index (χ0n) is 16.3. The molecule has 0 N–H and O–H groups in total. The molecule has 1 aromatic carbocycles. The van der Waals surface area contributed by atoms with E-state index < -0.39 is 0 Å². The highest BCUT2D eigenvalue weighted by Gasteiger charge is 2.29. The molecule has 0 radical (unpaired) electrons. The minimum atomic E-state index is -0.0562. The van der Waals surface area contributed by atoms with Crippen molar-refractivity contribution in [3.8, 4) is 5.75 Å². The Morgan fingerprint density at radius 3 is 2.68 bits per heavy atom. The lowest BCUT2D eigenvalue weighted by Gasteiger charge is -2.40. The van der Waals surface area contributed by atoms with Crippen LogP contribution in [0, 0.1) is 0 Å². The van der Waals surface area contributed by atoms with Gasteiger partial charge in [0.25, 0.3) is 5.91 Å². The van der Waals surface area contributed by atoms with E-state index in [1.165, 1.54) is 6.26 Å². The van der Waals surface area contributed by atoms with Crippen LogP contribution in [0.2, 0.25) is 0 Å². The summed E-state index contributed by atoms with van der Waals surface area (Å²) in [5.41, 5.74) is 1.15. The molecular formula is C21H27N3O4. The molecule has 2 aromatic rings. The van der Waals surface area contributed by atoms with Crippen LogP contribution >= 0.6 is 0 Å². The van der Waals surface area contributed by atoms with Gasteiger partial charge in [-0.15, -0.1) is 0 Å². The molecule has 3 heterocycles. The summed E-state index contributed by atoms with van der Waals surface area (Å²) in [4.78, 5) is 19.1. The topological polar surface area (TPSA) is 58.4 Å². The number of furan rings is 1. The standard InChI is InChI=1S/C21H27N3O4/c1-26-19-6-3-2-5-18(19)23-10-8-22(9-11-23)15-17-16-24(12-14-27-17)21(25)20-7-4-13-28-20/h2-7,13,17H,8-12,14-16H2,1H3. The summed E-state index contributed by atoms with van der Waals surface area (Å²) >= 11 is 0. The van der Waals surface area contributed by atoms with E-state index in [1.54, 1.807) is 19.2 Å². The molecule has 0 saturated carbocycles. The van der Waals surface area contributed by atoms with Gasteiger partial charge >= 0.3 is 0 Å². The van der Waals surface area contributed by atoms with Crippen molar-refractivity contribution in [3.05, 3.63) is 48.4 Å². The molecular weight excluding hydrogens is 358 g/mol. The number of carbonyl (C=O) groups is 1. The molecule has 1 atom stereocenters. The van der Waals surface area contributed by atoms with Crippen molar-refractivity contribution in [2.24, 2.45) is 0 Å². The minimum absolute atomic E-state index is 0.0328. The van der Waals surface area contributed by atoms with E-state index in [4.69, 9.17) is 13.9 Å². The highest BCUT2D eigenvalue weighted by atomic mass is 16.5. The van der Waals surface area contributed by atoms with Crippen LogP contribution in [0.3, 0.4) is 0 Å². The SMILES string of the molecule is COc1ccccc1N1CCN(CC2CN(C(=O)c3ccco3)CCO2)CC1. The van der Waals surface area contributed by atoms with Crippen molar-refractivity contribution in [2.45, 2.75) is 6.10 Å². The van der Waals surface area contributed by atoms with Crippen LogP contribution in [0.25, 0.3) is 0 Å². The van der Waals surface area contributed by atoms with E-state index in [2.05, 4.69) is 15.9 Å². The molecule has 28 heavy (non-hydrogen) atoms. The van der Waals surface area contributed by atoms with Crippen LogP contribution in [0.15, 0.2) is 47.1 Å². The first-order valence-electron chi connectivity index (χ1n) is 9.79. The van der Waals surface area contributed by atoms with Crippen LogP contribution in [0.5, 0.6) is 5.75 Å². The molecule has 2 saturated heterocycles. The number of amides is 1. The fourth-order valence-electron chi connectivity index (χ4n) is 3.92. The first kappa shape index (κ1) is 18.8. The summed E-state index contributed by atoms with van der Waals surface area (Å²) in [5.74, 6) is 1.25. The van der Waals surface area contributed by atoms with Gasteiger partial charge < -0.3 is 23.7 Å². The zero-order chi connectivity index (χ0) is 19.3. The van der Waals surface area contributed by atoms with E-state index in [1.807, 2.05) is 23.1 Å². The number of carbonyl (C=O) groups excluding carboxylic acids is 1. The van der Waals surface area contributed by atoms with Crippen LogP contribution < -0.4 is 9.64 Å². The van der Waals surface area contributed by atoms with Gasteiger partial charge in [-0.1, -0.05) is 12.1 Å². The number of ether oxygens (including phenoxy) is 2. The zero-order valence-corrected chi connectivity index (χ0v) is 16.3. The molecule has 2 fully saturated rings. The van der Waals surface area contributed by atoms with Crippen LogP contribution in [0.1, 0.15) is 10.6 Å². The van der Waals surface area contributed by atoms with Gasteiger partial charge in [0.2, 0.25) is 0 Å². The third kappa shape index (κ3) is 4.15. The van der Waals surface area contributed by atoms with Crippen LogP contribution in [-0.4, -0.2) is 81.3 Å². The molecule has 2 aliphatic rings. The van der Waals surface area contributed by atoms with Gasteiger partial charge in [0.05, 0.1) is 31.8 Å². The van der Waals surface area contributed by atoms with E-state index in [0.717, 1.165) is 44.2 Å². The number of rotatable bonds is 5. The van der Waals surface area contributed by atoms with Gasteiger partial charge in [-0.3, -0.25) is 9.69 Å². The maximum atomic E-state index is 12.5. The molecule has 0 aliphatic carbocycles. The lowest BCUT2D eigenvalue weighted by molar-refractivity contribution is -0.0370. The Morgan fingerprint density at radius 2 is 1.93 bits per heavy atom. The van der Waals surface area contributed by atoms with Gasteiger partial charge in [-0.05, 0) is 24.3 Å². The third-order valence-corrected chi connectivity index (χ3v) is 5.42. The third-order valence-electron chi connectivity index (χ3n) is 5.42. The normalized spacial score (nSPS) is 21.0. The molecule has 0 bridgehead atoms. The number of methoxy groups -OCH3 is 1. The van der Waals surface area contributed by atoms with Crippen molar-refractivity contribution in [2.75, 3.05) is 64.4 Å². The molecule has 7 nitrogen and oxygen atoms in total. The fraction of sp³-hybridized carbons (Fsp3) is 0.476. The Hall–Kier alpha value is -2.51. The highest BCUT2D eigenvalue weighted by molar-refractivity contribution is 5.91. The smallest absolute Gasteiger partial charge is 0.289 e. The fourth-order valence-corrected chi connectivity index (χ4v) is 3.92. The largest absolute Gasteiger partial charge is 0.495 e. The van der Waals surface area contributed by atoms with E-state index in [0.29, 0.717) is 25.5 Å². The average Bonchev–Trinajstić information content (AvgIpc) is 3.29. The Balaban J connectivity index is 1.29. The van der Waals surface area contributed by atoms with Gasteiger partial charge in [-0.25, -0.2) is 0 Å². The Morgan fingerprint density at radius 1 is 1.11 bits per heavy atom. The predicted octanol–water partition coefficient (Wildman–Crippen LogP) is 1.95.